The van der Waals surface area contributed by atoms with Gasteiger partial charge in [0.2, 0.25) is 5.91 Å². The van der Waals surface area contributed by atoms with E-state index in [1.165, 1.54) is 0 Å². The van der Waals surface area contributed by atoms with Crippen molar-refractivity contribution in [3.8, 4) is 0 Å². The first-order valence-electron chi connectivity index (χ1n) is 4.53. The van der Waals surface area contributed by atoms with Gasteiger partial charge in [-0.25, -0.2) is 5.01 Å². The molecule has 1 aliphatic heterocycles. The van der Waals surface area contributed by atoms with Gasteiger partial charge in [0.15, 0.2) is 0 Å². The van der Waals surface area contributed by atoms with E-state index in [9.17, 15) is 4.79 Å². The highest BCUT2D eigenvalue weighted by Crippen LogP contribution is 2.00. The lowest BCUT2D eigenvalue weighted by Crippen LogP contribution is -2.50. The molecule has 1 fully saturated rings. The number of hydrogen-bond acceptors (Lipinski definition) is 3. The van der Waals surface area contributed by atoms with Gasteiger partial charge in [-0.05, 0) is 13.8 Å². The van der Waals surface area contributed by atoms with Crippen molar-refractivity contribution in [2.45, 2.75) is 13.8 Å². The van der Waals surface area contributed by atoms with E-state index in [0.29, 0.717) is 0 Å². The fourth-order valence-electron chi connectivity index (χ4n) is 1.28. The number of hydrogen-bond donors (Lipinski definition) is 1. The van der Waals surface area contributed by atoms with Gasteiger partial charge in [-0.15, -0.1) is 0 Å². The van der Waals surface area contributed by atoms with Crippen molar-refractivity contribution in [3.05, 3.63) is 11.6 Å². The Morgan fingerprint density at radius 1 is 1.23 bits per heavy atom. The predicted molar refractivity (Wildman–Crippen MR) is 51.8 cm³/mol. The number of carbonyl (C=O) groups excluding carboxylic acids is 1. The molecule has 13 heavy (non-hydrogen) atoms. The molecule has 0 aromatic heterocycles. The molecule has 0 radical (unpaired) electrons. The van der Waals surface area contributed by atoms with E-state index < -0.39 is 0 Å². The van der Waals surface area contributed by atoms with Crippen molar-refractivity contribution < 1.29 is 4.79 Å². The van der Waals surface area contributed by atoms with E-state index in [0.717, 1.165) is 31.8 Å². The van der Waals surface area contributed by atoms with Crippen molar-refractivity contribution >= 4 is 5.91 Å². The minimum Gasteiger partial charge on any atom is -0.336 e. The Bertz CT molecular complexity index is 213. The molecule has 0 unspecified atom stereocenters. The first-order valence-corrected chi connectivity index (χ1v) is 4.53. The summed E-state index contributed by atoms with van der Waals surface area (Å²) in [6.45, 7) is 6.86. The second-order valence-corrected chi connectivity index (χ2v) is 3.58. The van der Waals surface area contributed by atoms with Crippen LogP contribution in [0.4, 0.5) is 0 Å². The lowest BCUT2D eigenvalue weighted by molar-refractivity contribution is -0.127. The van der Waals surface area contributed by atoms with Crippen molar-refractivity contribution in [1.29, 1.82) is 0 Å². The van der Waals surface area contributed by atoms with Crippen LogP contribution in [0.3, 0.4) is 0 Å². The van der Waals surface area contributed by atoms with Gasteiger partial charge in [0.25, 0.3) is 0 Å². The van der Waals surface area contributed by atoms with Crippen LogP contribution in [0.2, 0.25) is 0 Å². The molecule has 0 aliphatic carbocycles. The topological polar surface area (TPSA) is 49.6 Å². The Hall–Kier alpha value is -0.870. The summed E-state index contributed by atoms with van der Waals surface area (Å²) in [6, 6.07) is 0. The second kappa shape index (κ2) is 4.39. The maximum absolute atomic E-state index is 11.5. The highest BCUT2D eigenvalue weighted by Gasteiger charge is 2.17. The minimum atomic E-state index is 0.105. The fourth-order valence-corrected chi connectivity index (χ4v) is 1.28. The third kappa shape index (κ3) is 3.16. The van der Waals surface area contributed by atoms with Crippen molar-refractivity contribution in [2.24, 2.45) is 5.84 Å². The maximum atomic E-state index is 11.5. The molecule has 0 aromatic carbocycles. The van der Waals surface area contributed by atoms with Gasteiger partial charge in [-0.1, -0.05) is 5.57 Å². The minimum absolute atomic E-state index is 0.105. The van der Waals surface area contributed by atoms with E-state index >= 15 is 0 Å². The molecule has 4 nitrogen and oxygen atoms in total. The SMILES string of the molecule is CC(C)=CC(=O)N1CCN(N)CC1. The molecule has 1 rings (SSSR count). The monoisotopic (exact) mass is 183 g/mol. The number of carbonyl (C=O) groups is 1. The molecule has 4 heteroatoms. The number of hydrazine groups is 1. The maximum Gasteiger partial charge on any atom is 0.246 e. The zero-order valence-electron chi connectivity index (χ0n) is 8.29. The number of amides is 1. The molecule has 0 bridgehead atoms. The molecule has 1 amide bonds. The summed E-state index contributed by atoms with van der Waals surface area (Å²) >= 11 is 0. The summed E-state index contributed by atoms with van der Waals surface area (Å²) in [5.74, 6) is 5.68. The molecular formula is C9H17N3O. The van der Waals surface area contributed by atoms with Crippen LogP contribution in [0.15, 0.2) is 11.6 Å². The van der Waals surface area contributed by atoms with Crippen LogP contribution in [-0.4, -0.2) is 42.0 Å². The zero-order chi connectivity index (χ0) is 9.84. The molecule has 74 valence electrons. The lowest BCUT2D eigenvalue weighted by Gasteiger charge is -2.31. The largest absolute Gasteiger partial charge is 0.336 e. The van der Waals surface area contributed by atoms with Gasteiger partial charge in [-0.2, -0.15) is 0 Å². The lowest BCUT2D eigenvalue weighted by atomic mass is 10.3. The molecule has 0 atom stereocenters. The predicted octanol–water partition coefficient (Wildman–Crippen LogP) is -0.0295. The molecule has 0 aromatic rings. The first-order chi connectivity index (χ1) is 6.09. The van der Waals surface area contributed by atoms with Crippen LogP contribution in [0.1, 0.15) is 13.8 Å². The number of piperazine rings is 1. The third-order valence-corrected chi connectivity index (χ3v) is 2.04. The second-order valence-electron chi connectivity index (χ2n) is 3.58. The standard InChI is InChI=1S/C9H17N3O/c1-8(2)7-9(13)11-3-5-12(10)6-4-11/h7H,3-6,10H2,1-2H3. The Morgan fingerprint density at radius 3 is 2.23 bits per heavy atom. The van der Waals surface area contributed by atoms with Crippen LogP contribution < -0.4 is 5.84 Å². The highest BCUT2D eigenvalue weighted by molar-refractivity contribution is 5.88. The van der Waals surface area contributed by atoms with Crippen LogP contribution in [-0.2, 0) is 4.79 Å². The van der Waals surface area contributed by atoms with Gasteiger partial charge < -0.3 is 4.90 Å². The number of nitrogens with two attached hydrogens (primary N) is 1. The van der Waals surface area contributed by atoms with Crippen molar-refractivity contribution in [3.63, 3.8) is 0 Å². The van der Waals surface area contributed by atoms with Gasteiger partial charge >= 0.3 is 0 Å². The van der Waals surface area contributed by atoms with E-state index in [-0.39, 0.29) is 5.91 Å². The van der Waals surface area contributed by atoms with Gasteiger partial charge in [0.05, 0.1) is 0 Å². The quantitative estimate of drug-likeness (QED) is 0.459. The molecule has 0 spiro atoms. The van der Waals surface area contributed by atoms with Gasteiger partial charge in [0, 0.05) is 32.3 Å². The molecule has 1 heterocycles. The Morgan fingerprint density at radius 2 is 1.77 bits per heavy atom. The van der Waals surface area contributed by atoms with Gasteiger partial charge in [0.1, 0.15) is 0 Å². The third-order valence-electron chi connectivity index (χ3n) is 2.04. The summed E-state index contributed by atoms with van der Waals surface area (Å²) in [5, 5.41) is 1.74. The van der Waals surface area contributed by atoms with E-state index in [1.54, 1.807) is 11.1 Å². The molecule has 1 aliphatic rings. The normalized spacial score (nSPS) is 18.5. The first kappa shape index (κ1) is 10.2. The number of allylic oxidation sites excluding steroid dienone is 1. The average Bonchev–Trinajstić information content (AvgIpc) is 2.04. The molecule has 1 saturated heterocycles. The Balaban J connectivity index is 2.45. The summed E-state index contributed by atoms with van der Waals surface area (Å²) in [4.78, 5) is 13.3. The van der Waals surface area contributed by atoms with Crippen molar-refractivity contribution in [2.75, 3.05) is 26.2 Å². The van der Waals surface area contributed by atoms with E-state index in [2.05, 4.69) is 0 Å². The van der Waals surface area contributed by atoms with E-state index in [1.807, 2.05) is 18.7 Å². The van der Waals surface area contributed by atoms with Gasteiger partial charge in [-0.3, -0.25) is 10.6 Å². The van der Waals surface area contributed by atoms with Crippen LogP contribution >= 0.6 is 0 Å². The number of rotatable bonds is 1. The molecule has 2 N–H and O–H groups in total. The highest BCUT2D eigenvalue weighted by atomic mass is 16.2. The van der Waals surface area contributed by atoms with Crippen LogP contribution in [0, 0.1) is 0 Å². The molecular weight excluding hydrogens is 166 g/mol. The zero-order valence-corrected chi connectivity index (χ0v) is 8.29. The summed E-state index contributed by atoms with van der Waals surface area (Å²) in [6.07, 6.45) is 1.67. The average molecular weight is 183 g/mol. The number of nitrogens with zero attached hydrogens (tertiary/aromatic N) is 2. The van der Waals surface area contributed by atoms with Crippen molar-refractivity contribution in [1.82, 2.24) is 9.91 Å². The molecule has 0 saturated carbocycles. The van der Waals surface area contributed by atoms with Crippen LogP contribution in [0.5, 0.6) is 0 Å². The summed E-state index contributed by atoms with van der Waals surface area (Å²) in [5.41, 5.74) is 1.04. The fraction of sp³-hybridized carbons (Fsp3) is 0.667. The smallest absolute Gasteiger partial charge is 0.246 e. The van der Waals surface area contributed by atoms with Crippen LogP contribution in [0.25, 0.3) is 0 Å². The summed E-state index contributed by atoms with van der Waals surface area (Å²) in [7, 11) is 0. The summed E-state index contributed by atoms with van der Waals surface area (Å²) < 4.78 is 0. The Kier molecular flexibility index (Phi) is 3.45. The Labute approximate surface area is 79.0 Å². The van der Waals surface area contributed by atoms with E-state index in [4.69, 9.17) is 5.84 Å².